The first-order chi connectivity index (χ1) is 5.57. The number of aromatic hydroxyl groups is 1. The van der Waals surface area contributed by atoms with E-state index in [4.69, 9.17) is 5.73 Å². The molecule has 1 aromatic rings. The minimum Gasteiger partial charge on any atom is -0.504 e. The Morgan fingerprint density at radius 3 is 2.58 bits per heavy atom. The molecule has 5 heteroatoms. The Labute approximate surface area is 74.0 Å². The van der Waals surface area contributed by atoms with Crippen LogP contribution in [-0.2, 0) is 0 Å². The topological polar surface area (TPSA) is 75.4 Å². The molecule has 1 heterocycles. The monoisotopic (exact) mass is 186 g/mol. The van der Waals surface area contributed by atoms with Gasteiger partial charge in [-0.2, -0.15) is 0 Å². The zero-order valence-electron chi connectivity index (χ0n) is 6.84. The highest BCUT2D eigenvalue weighted by molar-refractivity contribution is 7.15. The quantitative estimate of drug-likeness (QED) is 0.604. The van der Waals surface area contributed by atoms with Gasteiger partial charge in [0.25, 0.3) is 5.91 Å². The lowest BCUT2D eigenvalue weighted by molar-refractivity contribution is 0.0965. The fourth-order valence-corrected chi connectivity index (χ4v) is 1.73. The Hall–Kier alpha value is -1.23. The number of thiophene rings is 1. The van der Waals surface area contributed by atoms with Crippen LogP contribution in [-0.4, -0.2) is 18.1 Å². The zero-order valence-corrected chi connectivity index (χ0v) is 7.66. The summed E-state index contributed by atoms with van der Waals surface area (Å²) >= 11 is 1.19. The van der Waals surface area contributed by atoms with Gasteiger partial charge in [0, 0.05) is 11.9 Å². The minimum absolute atomic E-state index is 0.114. The van der Waals surface area contributed by atoms with E-state index in [1.54, 1.807) is 6.92 Å². The van der Waals surface area contributed by atoms with Gasteiger partial charge in [-0.3, -0.25) is 4.79 Å². The summed E-state index contributed by atoms with van der Waals surface area (Å²) < 4.78 is 0. The number of aryl methyl sites for hydroxylation is 1. The number of nitrogens with two attached hydrogens (primary N) is 1. The molecule has 0 radical (unpaired) electrons. The Balaban J connectivity index is 3.17. The molecule has 0 aliphatic carbocycles. The first kappa shape index (κ1) is 8.86. The average molecular weight is 186 g/mol. The first-order valence-electron chi connectivity index (χ1n) is 3.37. The van der Waals surface area contributed by atoms with Crippen molar-refractivity contribution >= 4 is 22.9 Å². The van der Waals surface area contributed by atoms with E-state index in [9.17, 15) is 9.90 Å². The molecule has 4 N–H and O–H groups in total. The number of hydrogen-bond acceptors (Lipinski definition) is 4. The van der Waals surface area contributed by atoms with E-state index >= 15 is 0 Å². The maximum atomic E-state index is 11.1. The van der Waals surface area contributed by atoms with E-state index in [0.29, 0.717) is 5.69 Å². The summed E-state index contributed by atoms with van der Waals surface area (Å²) in [5.41, 5.74) is 5.77. The van der Waals surface area contributed by atoms with E-state index in [-0.39, 0.29) is 16.5 Å². The number of nitrogens with one attached hydrogen (secondary N) is 1. The molecule has 1 rings (SSSR count). The number of amides is 1. The lowest BCUT2D eigenvalue weighted by Crippen LogP contribution is -2.16. The second-order valence-corrected chi connectivity index (χ2v) is 3.55. The molecule has 0 bridgehead atoms. The van der Waals surface area contributed by atoms with Crippen LogP contribution in [0.4, 0.5) is 5.69 Å². The van der Waals surface area contributed by atoms with Crippen LogP contribution in [0.1, 0.15) is 14.5 Å². The molecule has 0 saturated heterocycles. The van der Waals surface area contributed by atoms with Crippen LogP contribution in [0.25, 0.3) is 0 Å². The number of anilines is 1. The van der Waals surface area contributed by atoms with Gasteiger partial charge < -0.3 is 16.2 Å². The highest BCUT2D eigenvalue weighted by Crippen LogP contribution is 2.35. The Morgan fingerprint density at radius 1 is 1.67 bits per heavy atom. The van der Waals surface area contributed by atoms with Gasteiger partial charge in [-0.1, -0.05) is 0 Å². The predicted molar refractivity (Wildman–Crippen MR) is 48.5 cm³/mol. The van der Waals surface area contributed by atoms with Gasteiger partial charge in [-0.15, -0.1) is 11.3 Å². The molecule has 1 amide bonds. The van der Waals surface area contributed by atoms with E-state index in [2.05, 4.69) is 5.32 Å². The zero-order chi connectivity index (χ0) is 9.30. The standard InChI is InChI=1S/C7H10N2O2S/c1-3-4(8)5(10)6(12-3)7(11)9-2/h10H,8H2,1-2H3,(H,9,11). The van der Waals surface area contributed by atoms with Crippen molar-refractivity contribution in [3.05, 3.63) is 9.75 Å². The number of carbonyl (C=O) groups excluding carboxylic acids is 1. The molecule has 1 aromatic heterocycles. The van der Waals surface area contributed by atoms with Crippen molar-refractivity contribution in [1.82, 2.24) is 5.32 Å². The molecule has 66 valence electrons. The van der Waals surface area contributed by atoms with E-state index in [0.717, 1.165) is 4.88 Å². The third-order valence-corrected chi connectivity index (χ3v) is 2.65. The first-order valence-corrected chi connectivity index (χ1v) is 4.19. The number of rotatable bonds is 1. The second-order valence-electron chi connectivity index (χ2n) is 2.33. The molecule has 0 fully saturated rings. The lowest BCUT2D eigenvalue weighted by atomic mass is 10.3. The van der Waals surface area contributed by atoms with Crippen molar-refractivity contribution in [1.29, 1.82) is 0 Å². The van der Waals surface area contributed by atoms with Crippen molar-refractivity contribution in [2.75, 3.05) is 12.8 Å². The average Bonchev–Trinajstić information content (AvgIpc) is 2.32. The Bertz CT molecular complexity index is 319. The van der Waals surface area contributed by atoms with Crippen LogP contribution < -0.4 is 11.1 Å². The summed E-state index contributed by atoms with van der Waals surface area (Å²) in [7, 11) is 1.51. The Kier molecular flexibility index (Phi) is 2.23. The minimum atomic E-state index is -0.308. The highest BCUT2D eigenvalue weighted by Gasteiger charge is 2.17. The molecule has 0 unspecified atom stereocenters. The van der Waals surface area contributed by atoms with Gasteiger partial charge in [0.1, 0.15) is 4.88 Å². The normalized spacial score (nSPS) is 9.83. The molecule has 0 aromatic carbocycles. The van der Waals surface area contributed by atoms with E-state index < -0.39 is 0 Å². The summed E-state index contributed by atoms with van der Waals surface area (Å²) in [6, 6.07) is 0. The second kappa shape index (κ2) is 3.02. The fraction of sp³-hybridized carbons (Fsp3) is 0.286. The van der Waals surface area contributed by atoms with Crippen LogP contribution in [0.3, 0.4) is 0 Å². The Morgan fingerprint density at radius 2 is 2.25 bits per heavy atom. The third-order valence-electron chi connectivity index (χ3n) is 1.54. The summed E-state index contributed by atoms with van der Waals surface area (Å²) in [5, 5.41) is 11.8. The van der Waals surface area contributed by atoms with Crippen molar-refractivity contribution in [2.24, 2.45) is 0 Å². The summed E-state index contributed by atoms with van der Waals surface area (Å²) in [4.78, 5) is 12.1. The fourth-order valence-electron chi connectivity index (χ4n) is 0.813. The van der Waals surface area contributed by atoms with Crippen LogP contribution in [0.15, 0.2) is 0 Å². The predicted octanol–water partition coefficient (Wildman–Crippen LogP) is 0.704. The molecule has 4 nitrogen and oxygen atoms in total. The summed E-state index contributed by atoms with van der Waals surface area (Å²) in [6.07, 6.45) is 0. The molecule has 0 aliphatic rings. The van der Waals surface area contributed by atoms with Crippen LogP contribution in [0.2, 0.25) is 0 Å². The molecule has 0 atom stereocenters. The van der Waals surface area contributed by atoms with Crippen molar-refractivity contribution in [2.45, 2.75) is 6.92 Å². The molecular formula is C7H10N2O2S. The summed E-state index contributed by atoms with van der Waals surface area (Å²) in [6.45, 7) is 1.76. The largest absolute Gasteiger partial charge is 0.504 e. The molecule has 12 heavy (non-hydrogen) atoms. The number of carbonyl (C=O) groups is 1. The van der Waals surface area contributed by atoms with Gasteiger partial charge in [-0.05, 0) is 6.92 Å². The molecular weight excluding hydrogens is 176 g/mol. The van der Waals surface area contributed by atoms with E-state index in [1.165, 1.54) is 18.4 Å². The van der Waals surface area contributed by atoms with Crippen LogP contribution >= 0.6 is 11.3 Å². The maximum Gasteiger partial charge on any atom is 0.265 e. The van der Waals surface area contributed by atoms with Crippen LogP contribution in [0.5, 0.6) is 5.75 Å². The van der Waals surface area contributed by atoms with Crippen LogP contribution in [0, 0.1) is 6.92 Å². The van der Waals surface area contributed by atoms with Gasteiger partial charge in [-0.25, -0.2) is 0 Å². The number of hydrogen-bond donors (Lipinski definition) is 3. The molecule has 0 spiro atoms. The SMILES string of the molecule is CNC(=O)c1sc(C)c(N)c1O. The van der Waals surface area contributed by atoms with Gasteiger partial charge >= 0.3 is 0 Å². The van der Waals surface area contributed by atoms with Crippen molar-refractivity contribution in [3.8, 4) is 5.75 Å². The smallest absolute Gasteiger partial charge is 0.265 e. The summed E-state index contributed by atoms with van der Waals surface area (Å²) in [5.74, 6) is -0.422. The number of nitrogen functional groups attached to an aromatic ring is 1. The van der Waals surface area contributed by atoms with Gasteiger partial charge in [0.05, 0.1) is 5.69 Å². The van der Waals surface area contributed by atoms with Crippen molar-refractivity contribution in [3.63, 3.8) is 0 Å². The third kappa shape index (κ3) is 1.23. The highest BCUT2D eigenvalue weighted by atomic mass is 32.1. The lowest BCUT2D eigenvalue weighted by Gasteiger charge is -1.95. The van der Waals surface area contributed by atoms with E-state index in [1.807, 2.05) is 0 Å². The maximum absolute atomic E-state index is 11.1. The van der Waals surface area contributed by atoms with Crippen molar-refractivity contribution < 1.29 is 9.90 Å². The molecule has 0 aliphatic heterocycles. The van der Waals surface area contributed by atoms with Gasteiger partial charge in [0.2, 0.25) is 0 Å². The molecule has 0 saturated carbocycles. The van der Waals surface area contributed by atoms with Gasteiger partial charge in [0.15, 0.2) is 5.75 Å².